The molecule has 0 amide bonds. The number of fused-ring (bicyclic) bond motifs is 3. The van der Waals surface area contributed by atoms with Crippen molar-refractivity contribution in [3.8, 4) is 11.1 Å². The molecule has 0 fully saturated rings. The van der Waals surface area contributed by atoms with Crippen LogP contribution in [0.4, 0.5) is 0 Å². The van der Waals surface area contributed by atoms with E-state index in [0.29, 0.717) is 3.63 Å². The molecule has 0 saturated carbocycles. The zero-order valence-corrected chi connectivity index (χ0v) is 25.0. The predicted molar refractivity (Wildman–Crippen MR) is 146 cm³/mol. The third-order valence-electron chi connectivity index (χ3n) is 7.35. The summed E-state index contributed by atoms with van der Waals surface area (Å²) >= 11 is -2.54. The molecular formula is C34H30Cl2Zr. The Morgan fingerprint density at radius 1 is 0.676 bits per heavy atom. The summed E-state index contributed by atoms with van der Waals surface area (Å²) in [5.41, 5.74) is 10.3. The summed E-state index contributed by atoms with van der Waals surface area (Å²) in [7, 11) is 0. The molecule has 37 heavy (non-hydrogen) atoms. The van der Waals surface area contributed by atoms with Crippen molar-refractivity contribution in [2.45, 2.75) is 29.8 Å². The van der Waals surface area contributed by atoms with Crippen molar-refractivity contribution in [1.82, 2.24) is 0 Å². The molecule has 0 aromatic heterocycles. The van der Waals surface area contributed by atoms with E-state index in [4.69, 9.17) is 0 Å². The molecule has 0 nitrogen and oxygen atoms in total. The van der Waals surface area contributed by atoms with Gasteiger partial charge in [-0.25, -0.2) is 0 Å². The van der Waals surface area contributed by atoms with E-state index in [1.807, 2.05) is 0 Å². The van der Waals surface area contributed by atoms with Gasteiger partial charge >= 0.3 is 218 Å². The minimum absolute atomic E-state index is 0. The molecule has 0 N–H and O–H groups in total. The Balaban J connectivity index is 0.00000160. The van der Waals surface area contributed by atoms with Crippen LogP contribution in [0.2, 0.25) is 0 Å². The van der Waals surface area contributed by atoms with Gasteiger partial charge in [0, 0.05) is 0 Å². The van der Waals surface area contributed by atoms with Crippen LogP contribution < -0.4 is 24.8 Å². The van der Waals surface area contributed by atoms with E-state index in [-0.39, 0.29) is 24.8 Å². The van der Waals surface area contributed by atoms with Gasteiger partial charge in [-0.2, -0.15) is 0 Å². The Labute approximate surface area is 241 Å². The van der Waals surface area contributed by atoms with E-state index < -0.39 is 21.3 Å². The van der Waals surface area contributed by atoms with Gasteiger partial charge in [0.05, 0.1) is 0 Å². The zero-order valence-electron chi connectivity index (χ0n) is 21.0. The van der Waals surface area contributed by atoms with Crippen molar-refractivity contribution in [3.05, 3.63) is 152 Å². The van der Waals surface area contributed by atoms with Crippen molar-refractivity contribution >= 4 is 3.21 Å². The fraction of sp³-hybridized carbons (Fsp3) is 0.147. The maximum absolute atomic E-state index is 2.60. The Hall–Kier alpha value is -2.31. The predicted octanol–water partition coefficient (Wildman–Crippen LogP) is 2.67. The van der Waals surface area contributed by atoms with Gasteiger partial charge in [-0.15, -0.1) is 0 Å². The van der Waals surface area contributed by atoms with Crippen molar-refractivity contribution in [2.75, 3.05) is 0 Å². The van der Waals surface area contributed by atoms with Gasteiger partial charge < -0.3 is 24.8 Å². The molecule has 0 radical (unpaired) electrons. The Bertz CT molecular complexity index is 1380. The van der Waals surface area contributed by atoms with E-state index >= 15 is 0 Å². The van der Waals surface area contributed by atoms with Gasteiger partial charge in [-0.3, -0.25) is 0 Å². The topological polar surface area (TPSA) is 0 Å². The zero-order chi connectivity index (χ0) is 23.6. The van der Waals surface area contributed by atoms with Gasteiger partial charge in [0.2, 0.25) is 0 Å². The quantitative estimate of drug-likeness (QED) is 0.320. The summed E-state index contributed by atoms with van der Waals surface area (Å²) in [6, 6.07) is 40.9. The van der Waals surface area contributed by atoms with Crippen LogP contribution in [-0.4, -0.2) is 3.21 Å². The monoisotopic (exact) mass is 598 g/mol. The fourth-order valence-electron chi connectivity index (χ4n) is 5.88. The number of hydrogen-bond donors (Lipinski definition) is 0. The molecule has 184 valence electrons. The molecule has 2 aliphatic carbocycles. The first-order valence-corrected chi connectivity index (χ1v) is 16.7. The van der Waals surface area contributed by atoms with E-state index in [9.17, 15) is 0 Å². The van der Waals surface area contributed by atoms with E-state index in [1.54, 1.807) is 12.1 Å². The second-order valence-corrected chi connectivity index (χ2v) is 15.8. The SMILES string of the molecule is CCCC1=CC[C]([Zr+2](=[C](c2ccccc2)c2ccccc2)[CH]2c3ccccc3-c3ccccc32)=C1.[Cl-].[Cl-]. The Morgan fingerprint density at radius 3 is 1.68 bits per heavy atom. The van der Waals surface area contributed by atoms with Crippen LogP contribution in [-0.2, 0) is 21.3 Å². The number of rotatable bonds is 6. The summed E-state index contributed by atoms with van der Waals surface area (Å²) < 4.78 is 3.85. The molecule has 2 aliphatic rings. The van der Waals surface area contributed by atoms with Crippen LogP contribution in [0.1, 0.15) is 52.1 Å². The average molecular weight is 601 g/mol. The molecule has 0 aliphatic heterocycles. The molecule has 0 spiro atoms. The number of hydrogen-bond acceptors (Lipinski definition) is 0. The van der Waals surface area contributed by atoms with Gasteiger partial charge in [0.1, 0.15) is 0 Å². The first-order chi connectivity index (χ1) is 17.3. The molecule has 3 heteroatoms. The maximum atomic E-state index is 2.60. The van der Waals surface area contributed by atoms with Crippen LogP contribution in [0, 0.1) is 0 Å². The molecule has 0 saturated heterocycles. The molecule has 0 unspecified atom stereocenters. The smallest absolute Gasteiger partial charge is 1.00 e. The third kappa shape index (κ3) is 5.33. The van der Waals surface area contributed by atoms with E-state index in [0.717, 1.165) is 6.42 Å². The van der Waals surface area contributed by atoms with E-state index in [2.05, 4.69) is 128 Å². The summed E-state index contributed by atoms with van der Waals surface area (Å²) in [5, 5.41) is 0. The second-order valence-electron chi connectivity index (χ2n) is 9.53. The van der Waals surface area contributed by atoms with Crippen molar-refractivity contribution in [3.63, 3.8) is 0 Å². The van der Waals surface area contributed by atoms with Gasteiger partial charge in [-0.1, -0.05) is 0 Å². The van der Waals surface area contributed by atoms with Crippen LogP contribution in [0.25, 0.3) is 11.1 Å². The van der Waals surface area contributed by atoms with Crippen LogP contribution in [0.5, 0.6) is 0 Å². The molecule has 0 bridgehead atoms. The van der Waals surface area contributed by atoms with Crippen LogP contribution in [0.15, 0.2) is 130 Å². The maximum Gasteiger partial charge on any atom is -1.00 e. The summed E-state index contributed by atoms with van der Waals surface area (Å²) in [5.74, 6) is 0. The molecule has 4 aromatic carbocycles. The normalized spacial score (nSPS) is 13.2. The minimum Gasteiger partial charge on any atom is -1.00 e. The molecule has 0 atom stereocenters. The number of benzene rings is 4. The van der Waals surface area contributed by atoms with Gasteiger partial charge in [-0.05, 0) is 0 Å². The molecular weight excluding hydrogens is 571 g/mol. The second kappa shape index (κ2) is 12.5. The fourth-order valence-corrected chi connectivity index (χ4v) is 15.0. The summed E-state index contributed by atoms with van der Waals surface area (Å²) in [6.45, 7) is 2.29. The van der Waals surface area contributed by atoms with Crippen molar-refractivity contribution < 1.29 is 46.1 Å². The molecule has 6 rings (SSSR count). The summed E-state index contributed by atoms with van der Waals surface area (Å²) in [6.07, 6.45) is 8.63. The first-order valence-electron chi connectivity index (χ1n) is 12.8. The number of halogens is 2. The van der Waals surface area contributed by atoms with E-state index in [1.165, 1.54) is 46.2 Å². The van der Waals surface area contributed by atoms with Gasteiger partial charge in [0.15, 0.2) is 0 Å². The van der Waals surface area contributed by atoms with Gasteiger partial charge in [0.25, 0.3) is 0 Å². The third-order valence-corrected chi connectivity index (χ3v) is 15.6. The van der Waals surface area contributed by atoms with Crippen molar-refractivity contribution in [2.24, 2.45) is 0 Å². The average Bonchev–Trinajstić information content (AvgIpc) is 3.51. The van der Waals surface area contributed by atoms with Crippen molar-refractivity contribution in [1.29, 1.82) is 0 Å². The Kier molecular flexibility index (Phi) is 9.36. The largest absolute Gasteiger partial charge is 1.00 e. The first kappa shape index (κ1) is 27.7. The molecule has 4 aromatic rings. The standard InChI is InChI=1S/C13H9.C13H10.C8H11.2ClH.Zr/c1-3-7-12-10(5-1)9-11-6-2-4-8-13(11)12;1-3-7-12(8-4-1)11-13-9-5-2-6-10-13;1-2-5-8-6-3-4-7-8;;;/h1-9H;1-10H;6-7H,2-3,5H2,1H3;2*1H;/q;;;;;+2/p-2. The Morgan fingerprint density at radius 2 is 1.16 bits per heavy atom. The summed E-state index contributed by atoms with van der Waals surface area (Å²) in [4.78, 5) is 0. The van der Waals surface area contributed by atoms with Crippen LogP contribution >= 0.6 is 0 Å². The van der Waals surface area contributed by atoms with Crippen LogP contribution in [0.3, 0.4) is 0 Å². The molecule has 0 heterocycles. The minimum atomic E-state index is -2.54. The number of allylic oxidation sites excluding steroid dienone is 4.